The van der Waals surface area contributed by atoms with Gasteiger partial charge >= 0.3 is 6.18 Å². The van der Waals surface area contributed by atoms with Gasteiger partial charge in [-0.15, -0.1) is 0 Å². The molecule has 1 N–H and O–H groups in total. The largest absolute Gasteiger partial charge is 0.416 e. The summed E-state index contributed by atoms with van der Waals surface area (Å²) in [6.07, 6.45) is -0.271. The van der Waals surface area contributed by atoms with Crippen LogP contribution in [0, 0.1) is 11.7 Å². The maximum Gasteiger partial charge on any atom is 0.416 e. The number of nitrogens with zero attached hydrogens (tertiary/aromatic N) is 1. The van der Waals surface area contributed by atoms with Crippen molar-refractivity contribution in [1.82, 2.24) is 10.3 Å². The van der Waals surface area contributed by atoms with Crippen molar-refractivity contribution in [3.63, 3.8) is 0 Å². The van der Waals surface area contributed by atoms with Gasteiger partial charge in [-0.25, -0.2) is 4.39 Å². The zero-order valence-electron chi connectivity index (χ0n) is 19.1. The minimum Gasteiger partial charge on any atom is -0.381 e. The minimum absolute atomic E-state index is 0.162. The van der Waals surface area contributed by atoms with Crippen LogP contribution in [0.3, 0.4) is 0 Å². The molecular formula is C27H27ClF4N2O. The maximum absolute atomic E-state index is 14.6. The lowest BCUT2D eigenvalue weighted by molar-refractivity contribution is -0.137. The van der Waals surface area contributed by atoms with Gasteiger partial charge in [-0.3, -0.25) is 4.98 Å². The van der Waals surface area contributed by atoms with Crippen LogP contribution in [0.4, 0.5) is 17.6 Å². The van der Waals surface area contributed by atoms with Crippen molar-refractivity contribution in [3.8, 4) is 0 Å². The molecule has 35 heavy (non-hydrogen) atoms. The number of pyridine rings is 1. The number of benzene rings is 2. The topological polar surface area (TPSA) is 34.1 Å². The number of alkyl halides is 3. The average Bonchev–Trinajstić information content (AvgIpc) is 2.84. The second-order valence-electron chi connectivity index (χ2n) is 8.93. The molecule has 0 amide bonds. The van der Waals surface area contributed by atoms with Gasteiger partial charge in [0, 0.05) is 25.8 Å². The molecule has 1 fully saturated rings. The summed E-state index contributed by atoms with van der Waals surface area (Å²) >= 11 is 6.08. The third-order valence-electron chi connectivity index (χ3n) is 6.51. The predicted molar refractivity (Wildman–Crippen MR) is 128 cm³/mol. The van der Waals surface area contributed by atoms with Crippen molar-refractivity contribution in [2.75, 3.05) is 19.8 Å². The molecule has 4 rings (SSSR count). The van der Waals surface area contributed by atoms with Gasteiger partial charge in [0.1, 0.15) is 5.82 Å². The number of ether oxygens (including phenoxy) is 1. The summed E-state index contributed by atoms with van der Waals surface area (Å²) in [4.78, 5) is 4.49. The van der Waals surface area contributed by atoms with Crippen molar-refractivity contribution in [1.29, 1.82) is 0 Å². The standard InChI is InChI=1S/C27H27ClF4N2O/c28-23-6-7-25(33-18-23)26(17-20-4-2-1-3-5-20,34-11-8-19-9-12-35-13-10-19)21-14-22(27(30,31)32)16-24(29)15-21/h1-7,14-16,18-19,34H,8-13,17H2. The van der Waals surface area contributed by atoms with Crippen LogP contribution < -0.4 is 5.32 Å². The van der Waals surface area contributed by atoms with E-state index in [1.54, 1.807) is 12.1 Å². The van der Waals surface area contributed by atoms with E-state index in [9.17, 15) is 17.6 Å². The first-order valence-electron chi connectivity index (χ1n) is 11.6. The number of rotatable bonds is 8. The molecule has 0 aliphatic carbocycles. The fourth-order valence-electron chi connectivity index (χ4n) is 4.65. The first kappa shape index (κ1) is 25.6. The van der Waals surface area contributed by atoms with E-state index in [4.69, 9.17) is 16.3 Å². The summed E-state index contributed by atoms with van der Waals surface area (Å²) < 4.78 is 61.1. The minimum atomic E-state index is -4.69. The SMILES string of the molecule is Fc1cc(C(F)(F)F)cc(C(Cc2ccccc2)(NCCC2CCOCC2)c2ccc(Cl)cn2)c1. The Morgan fingerprint density at radius 2 is 1.69 bits per heavy atom. The Bertz CT molecular complexity index is 1100. The average molecular weight is 507 g/mol. The van der Waals surface area contributed by atoms with E-state index in [0.29, 0.717) is 42.5 Å². The molecular weight excluding hydrogens is 480 g/mol. The Balaban J connectivity index is 1.81. The highest BCUT2D eigenvalue weighted by Crippen LogP contribution is 2.38. The Labute approximate surface area is 207 Å². The number of hydrogen-bond acceptors (Lipinski definition) is 3. The second-order valence-corrected chi connectivity index (χ2v) is 9.36. The van der Waals surface area contributed by atoms with Crippen LogP contribution in [0.15, 0.2) is 66.9 Å². The van der Waals surface area contributed by atoms with Crippen molar-refractivity contribution in [2.45, 2.75) is 37.4 Å². The molecule has 3 aromatic rings. The van der Waals surface area contributed by atoms with Crippen LogP contribution in [0.2, 0.25) is 5.02 Å². The number of halogens is 5. The van der Waals surface area contributed by atoms with Gasteiger partial charge in [-0.05, 0) is 73.2 Å². The lowest BCUT2D eigenvalue weighted by Gasteiger charge is -2.37. The molecule has 0 saturated carbocycles. The number of hydrogen-bond donors (Lipinski definition) is 1. The van der Waals surface area contributed by atoms with Gasteiger partial charge in [0.25, 0.3) is 0 Å². The highest BCUT2D eigenvalue weighted by Gasteiger charge is 2.39. The molecule has 2 heterocycles. The Morgan fingerprint density at radius 1 is 0.971 bits per heavy atom. The summed E-state index contributed by atoms with van der Waals surface area (Å²) in [7, 11) is 0. The Morgan fingerprint density at radius 3 is 2.34 bits per heavy atom. The van der Waals surface area contributed by atoms with Gasteiger partial charge in [0.15, 0.2) is 0 Å². The second kappa shape index (κ2) is 11.1. The monoisotopic (exact) mass is 506 g/mol. The third kappa shape index (κ3) is 6.40. The summed E-state index contributed by atoms with van der Waals surface area (Å²) in [6.45, 7) is 1.93. The highest BCUT2D eigenvalue weighted by molar-refractivity contribution is 6.30. The Kier molecular flexibility index (Phi) is 8.09. The van der Waals surface area contributed by atoms with Crippen LogP contribution in [0.1, 0.15) is 41.6 Å². The summed E-state index contributed by atoms with van der Waals surface area (Å²) in [5, 5.41) is 3.91. The smallest absolute Gasteiger partial charge is 0.381 e. The fourth-order valence-corrected chi connectivity index (χ4v) is 4.76. The van der Waals surface area contributed by atoms with Gasteiger partial charge < -0.3 is 10.1 Å². The predicted octanol–water partition coefficient (Wildman–Crippen LogP) is 6.79. The number of nitrogens with one attached hydrogen (secondary N) is 1. The molecule has 1 aromatic heterocycles. The molecule has 1 atom stereocenters. The summed E-state index contributed by atoms with van der Waals surface area (Å²) in [6, 6.07) is 15.4. The van der Waals surface area contributed by atoms with Gasteiger partial charge in [-0.1, -0.05) is 41.9 Å². The van der Waals surface area contributed by atoms with Gasteiger partial charge in [0.2, 0.25) is 0 Å². The molecule has 8 heteroatoms. The van der Waals surface area contributed by atoms with Crippen LogP contribution in [-0.4, -0.2) is 24.7 Å². The molecule has 3 nitrogen and oxygen atoms in total. The molecule has 0 bridgehead atoms. The molecule has 1 saturated heterocycles. The number of aromatic nitrogens is 1. The van der Waals surface area contributed by atoms with E-state index in [2.05, 4.69) is 10.3 Å². The molecule has 186 valence electrons. The van der Waals surface area contributed by atoms with Crippen molar-refractivity contribution in [2.24, 2.45) is 5.92 Å². The first-order chi connectivity index (χ1) is 16.8. The van der Waals surface area contributed by atoms with Crippen LogP contribution >= 0.6 is 11.6 Å². The third-order valence-corrected chi connectivity index (χ3v) is 6.74. The van der Waals surface area contributed by atoms with Crippen molar-refractivity contribution in [3.05, 3.63) is 100 Å². The first-order valence-corrected chi connectivity index (χ1v) is 12.0. The summed E-state index contributed by atoms with van der Waals surface area (Å²) in [5.74, 6) is -0.505. The maximum atomic E-state index is 14.6. The van der Waals surface area contributed by atoms with Gasteiger partial charge in [-0.2, -0.15) is 13.2 Å². The van der Waals surface area contributed by atoms with Crippen molar-refractivity contribution >= 4 is 11.6 Å². The van der Waals surface area contributed by atoms with E-state index < -0.39 is 23.1 Å². The molecule has 0 spiro atoms. The zero-order valence-corrected chi connectivity index (χ0v) is 19.9. The molecule has 1 aliphatic rings. The molecule has 1 unspecified atom stereocenters. The lowest BCUT2D eigenvalue weighted by Crippen LogP contribution is -2.47. The lowest BCUT2D eigenvalue weighted by atomic mass is 9.79. The fraction of sp³-hybridized carbons (Fsp3) is 0.370. The van der Waals surface area contributed by atoms with E-state index in [-0.39, 0.29) is 12.0 Å². The molecule has 1 aliphatic heterocycles. The van der Waals surface area contributed by atoms with Crippen LogP contribution in [0.5, 0.6) is 0 Å². The Hall–Kier alpha value is -2.48. The van der Waals surface area contributed by atoms with Crippen LogP contribution in [-0.2, 0) is 22.9 Å². The van der Waals surface area contributed by atoms with E-state index >= 15 is 0 Å². The normalized spacial score (nSPS) is 16.7. The van der Waals surface area contributed by atoms with E-state index in [1.165, 1.54) is 6.20 Å². The highest BCUT2D eigenvalue weighted by atomic mass is 35.5. The van der Waals surface area contributed by atoms with E-state index in [0.717, 1.165) is 37.0 Å². The molecule has 2 aromatic carbocycles. The molecule has 0 radical (unpaired) electrons. The van der Waals surface area contributed by atoms with Crippen LogP contribution in [0.25, 0.3) is 0 Å². The quantitative estimate of drug-likeness (QED) is 0.342. The summed E-state index contributed by atoms with van der Waals surface area (Å²) in [5.41, 5.74) is -0.739. The van der Waals surface area contributed by atoms with Gasteiger partial charge in [0.05, 0.1) is 21.8 Å². The van der Waals surface area contributed by atoms with Crippen molar-refractivity contribution < 1.29 is 22.3 Å². The zero-order chi connectivity index (χ0) is 24.9. The van der Waals surface area contributed by atoms with E-state index in [1.807, 2.05) is 30.3 Å².